The van der Waals surface area contributed by atoms with E-state index in [0.717, 1.165) is 10.8 Å². The SMILES string of the molecule is COc1ccc(C2C(=C([O-])c3ccc(S(=O)(=O)N(C)C)cc3)C(=O)C(=O)N2CCC[NH+](C)C)cc1OC. The molecule has 1 atom stereocenters. The molecule has 2 aromatic rings. The summed E-state index contributed by atoms with van der Waals surface area (Å²) in [6.07, 6.45) is 0.629. The summed E-state index contributed by atoms with van der Waals surface area (Å²) in [5, 5.41) is 13.6. The molecule has 2 aromatic carbocycles. The fraction of sp³-hybridized carbons (Fsp3) is 0.385. The number of quaternary nitrogens is 1. The average molecular weight is 532 g/mol. The van der Waals surface area contributed by atoms with Crippen molar-refractivity contribution in [2.45, 2.75) is 17.4 Å². The van der Waals surface area contributed by atoms with Gasteiger partial charge in [-0.05, 0) is 35.4 Å². The highest BCUT2D eigenvalue weighted by Gasteiger charge is 2.44. The van der Waals surface area contributed by atoms with E-state index in [9.17, 15) is 23.1 Å². The van der Waals surface area contributed by atoms with Gasteiger partial charge in [-0.1, -0.05) is 24.0 Å². The van der Waals surface area contributed by atoms with Gasteiger partial charge >= 0.3 is 0 Å². The van der Waals surface area contributed by atoms with Crippen molar-refractivity contribution in [1.82, 2.24) is 9.21 Å². The van der Waals surface area contributed by atoms with E-state index in [-0.39, 0.29) is 22.6 Å². The number of sulfonamides is 1. The lowest BCUT2D eigenvalue weighted by atomic mass is 9.95. The van der Waals surface area contributed by atoms with Gasteiger partial charge in [-0.15, -0.1) is 0 Å². The van der Waals surface area contributed by atoms with Crippen LogP contribution in [0.5, 0.6) is 11.5 Å². The van der Waals surface area contributed by atoms with Gasteiger partial charge in [-0.2, -0.15) is 0 Å². The van der Waals surface area contributed by atoms with Crippen LogP contribution >= 0.6 is 0 Å². The number of amides is 1. The number of hydrogen-bond donors (Lipinski definition) is 1. The van der Waals surface area contributed by atoms with Crippen LogP contribution in [0.1, 0.15) is 23.6 Å². The molecule has 0 aliphatic carbocycles. The van der Waals surface area contributed by atoms with Crippen LogP contribution < -0.4 is 19.5 Å². The van der Waals surface area contributed by atoms with Crippen molar-refractivity contribution in [3.05, 3.63) is 59.2 Å². The molecule has 3 rings (SSSR count). The Hall–Kier alpha value is -3.41. The molecule has 1 aliphatic heterocycles. The summed E-state index contributed by atoms with van der Waals surface area (Å²) in [4.78, 5) is 28.9. The second-order valence-corrected chi connectivity index (χ2v) is 11.4. The van der Waals surface area contributed by atoms with Gasteiger partial charge in [-0.3, -0.25) is 9.59 Å². The van der Waals surface area contributed by atoms with E-state index in [0.29, 0.717) is 23.5 Å². The van der Waals surface area contributed by atoms with Crippen molar-refractivity contribution in [2.24, 2.45) is 0 Å². The predicted octanol–water partition coefficient (Wildman–Crippen LogP) is -0.287. The smallest absolute Gasteiger partial charge is 0.295 e. The first-order valence-electron chi connectivity index (χ1n) is 11.7. The van der Waals surface area contributed by atoms with Gasteiger partial charge < -0.3 is 24.4 Å². The molecule has 0 spiro atoms. The molecule has 10 nitrogen and oxygen atoms in total. The third kappa shape index (κ3) is 5.63. The number of likely N-dealkylation sites (tertiary alicyclic amines) is 1. The quantitative estimate of drug-likeness (QED) is 0.254. The number of hydrogen-bond acceptors (Lipinski definition) is 7. The highest BCUT2D eigenvalue weighted by molar-refractivity contribution is 7.89. The number of carbonyl (C=O) groups is 2. The summed E-state index contributed by atoms with van der Waals surface area (Å²) in [6, 6.07) is 9.42. The van der Waals surface area contributed by atoms with Gasteiger partial charge in [0.25, 0.3) is 5.91 Å². The highest BCUT2D eigenvalue weighted by atomic mass is 32.2. The molecule has 0 saturated carbocycles. The minimum Gasteiger partial charge on any atom is -0.872 e. The first-order chi connectivity index (χ1) is 17.4. The number of Topliss-reactive ketones (excluding diaryl/α,β-unsaturated/α-hetero) is 1. The van der Waals surface area contributed by atoms with Crippen LogP contribution in [0, 0.1) is 0 Å². The molecule has 37 heavy (non-hydrogen) atoms. The van der Waals surface area contributed by atoms with Crippen LogP contribution in [0.25, 0.3) is 5.76 Å². The van der Waals surface area contributed by atoms with Crippen LogP contribution in [0.15, 0.2) is 52.9 Å². The first-order valence-corrected chi connectivity index (χ1v) is 13.2. The first kappa shape index (κ1) is 28.2. The maximum Gasteiger partial charge on any atom is 0.295 e. The number of nitrogens with one attached hydrogen (secondary N) is 1. The van der Waals surface area contributed by atoms with Gasteiger partial charge in [0.2, 0.25) is 15.8 Å². The van der Waals surface area contributed by atoms with Gasteiger partial charge in [-0.25, -0.2) is 12.7 Å². The van der Waals surface area contributed by atoms with Crippen LogP contribution in [-0.4, -0.2) is 84.8 Å². The van der Waals surface area contributed by atoms with Crippen LogP contribution in [-0.2, 0) is 19.6 Å². The molecule has 200 valence electrons. The molecular weight excluding hydrogens is 498 g/mol. The summed E-state index contributed by atoms with van der Waals surface area (Å²) < 4.78 is 36.6. The van der Waals surface area contributed by atoms with Crippen molar-refractivity contribution in [3.8, 4) is 11.5 Å². The second kappa shape index (κ2) is 11.3. The number of ether oxygens (including phenoxy) is 2. The largest absolute Gasteiger partial charge is 0.872 e. The fourth-order valence-corrected chi connectivity index (χ4v) is 5.12. The molecule has 0 bridgehead atoms. The third-order valence-corrected chi connectivity index (χ3v) is 8.05. The van der Waals surface area contributed by atoms with Gasteiger partial charge in [0, 0.05) is 32.6 Å². The summed E-state index contributed by atoms with van der Waals surface area (Å²) >= 11 is 0. The second-order valence-electron chi connectivity index (χ2n) is 9.21. The number of ketones is 1. The molecule has 1 saturated heterocycles. The Morgan fingerprint density at radius 1 is 1.03 bits per heavy atom. The molecule has 11 heteroatoms. The molecule has 1 fully saturated rings. The number of carbonyl (C=O) groups excluding carboxylic acids is 2. The number of benzene rings is 2. The van der Waals surface area contributed by atoms with Crippen molar-refractivity contribution in [1.29, 1.82) is 0 Å². The zero-order chi connectivity index (χ0) is 27.5. The monoisotopic (exact) mass is 531 g/mol. The van der Waals surface area contributed by atoms with E-state index >= 15 is 0 Å². The van der Waals surface area contributed by atoms with E-state index in [1.54, 1.807) is 18.2 Å². The van der Waals surface area contributed by atoms with E-state index in [1.807, 2.05) is 14.1 Å². The van der Waals surface area contributed by atoms with Gasteiger partial charge in [0.15, 0.2) is 11.5 Å². The third-order valence-electron chi connectivity index (χ3n) is 6.22. The van der Waals surface area contributed by atoms with Crippen molar-refractivity contribution in [3.63, 3.8) is 0 Å². The van der Waals surface area contributed by atoms with E-state index in [1.165, 1.54) is 62.4 Å². The maximum atomic E-state index is 13.6. The molecule has 1 unspecified atom stereocenters. The summed E-state index contributed by atoms with van der Waals surface area (Å²) in [7, 11) is 6.08. The lowest BCUT2D eigenvalue weighted by molar-refractivity contribution is -0.858. The Bertz CT molecular complexity index is 1300. The average Bonchev–Trinajstić information content (AvgIpc) is 3.12. The van der Waals surface area contributed by atoms with Crippen molar-refractivity contribution in [2.75, 3.05) is 55.5 Å². The Morgan fingerprint density at radius 3 is 2.19 bits per heavy atom. The van der Waals surface area contributed by atoms with Crippen LogP contribution in [0.3, 0.4) is 0 Å². The molecule has 0 aromatic heterocycles. The molecule has 1 aliphatic rings. The Kier molecular flexibility index (Phi) is 8.62. The minimum atomic E-state index is -3.69. The standard InChI is InChI=1S/C26H33N3O7S/c1-27(2)14-7-15-29-23(18-10-13-20(35-5)21(16-18)36-6)22(25(31)26(29)32)24(30)17-8-11-19(12-9-17)37(33,34)28(3)4/h8-13,16,23,30H,7,14-15H2,1-6H3. The van der Waals surface area contributed by atoms with E-state index in [4.69, 9.17) is 9.47 Å². The number of nitrogens with zero attached hydrogens (tertiary/aromatic N) is 2. The summed E-state index contributed by atoms with van der Waals surface area (Å²) in [5.74, 6) is -1.38. The van der Waals surface area contributed by atoms with Crippen molar-refractivity contribution < 1.29 is 37.5 Å². The fourth-order valence-electron chi connectivity index (χ4n) is 4.22. The minimum absolute atomic E-state index is 0.0112. The van der Waals surface area contributed by atoms with Gasteiger partial charge in [0.1, 0.15) is 0 Å². The zero-order valence-corrected chi connectivity index (χ0v) is 22.7. The molecule has 1 amide bonds. The summed E-state index contributed by atoms with van der Waals surface area (Å²) in [6.45, 7) is 1.05. The van der Waals surface area contributed by atoms with Crippen LogP contribution in [0.2, 0.25) is 0 Å². The number of methoxy groups -OCH3 is 2. The molecule has 0 radical (unpaired) electrons. The maximum absolute atomic E-state index is 13.6. The summed E-state index contributed by atoms with van der Waals surface area (Å²) in [5.41, 5.74) is 0.459. The number of rotatable bonds is 10. The zero-order valence-electron chi connectivity index (χ0n) is 21.9. The Balaban J connectivity index is 2.14. The highest BCUT2D eigenvalue weighted by Crippen LogP contribution is 2.41. The predicted molar refractivity (Wildman–Crippen MR) is 136 cm³/mol. The Labute approximate surface area is 217 Å². The van der Waals surface area contributed by atoms with Crippen LogP contribution in [0.4, 0.5) is 0 Å². The lowest BCUT2D eigenvalue weighted by Crippen LogP contribution is -3.05. The molecular formula is C26H33N3O7S. The Morgan fingerprint density at radius 2 is 1.65 bits per heavy atom. The normalized spacial score (nSPS) is 17.6. The van der Waals surface area contributed by atoms with Gasteiger partial charge in [0.05, 0.1) is 45.8 Å². The lowest BCUT2D eigenvalue weighted by Gasteiger charge is -2.28. The van der Waals surface area contributed by atoms with E-state index in [2.05, 4.69) is 0 Å². The molecule has 1 heterocycles. The molecule has 1 N–H and O–H groups in total. The van der Waals surface area contributed by atoms with Crippen molar-refractivity contribution >= 4 is 27.5 Å². The topological polar surface area (TPSA) is 121 Å². The van der Waals surface area contributed by atoms with E-state index < -0.39 is 33.5 Å².